The molecule has 0 aliphatic carbocycles. The Balaban J connectivity index is 2.33. The fourth-order valence-electron chi connectivity index (χ4n) is 0.987. The lowest BCUT2D eigenvalue weighted by atomic mass is 10.4. The fourth-order valence-corrected chi connectivity index (χ4v) is 1.77. The number of rotatable bonds is 2. The smallest absolute Gasteiger partial charge is 0.292 e. The van der Waals surface area contributed by atoms with Crippen LogP contribution < -0.4 is 10.6 Å². The Morgan fingerprint density at radius 3 is 2.64 bits per heavy atom. The van der Waals surface area contributed by atoms with Gasteiger partial charge in [-0.05, 0) is 0 Å². The van der Waals surface area contributed by atoms with Gasteiger partial charge >= 0.3 is 0 Å². The first-order chi connectivity index (χ1) is 6.66. The van der Waals surface area contributed by atoms with E-state index in [9.17, 15) is 0 Å². The lowest BCUT2D eigenvalue weighted by Crippen LogP contribution is -2.07. The Kier molecular flexibility index (Phi) is 2.12. The van der Waals surface area contributed by atoms with E-state index < -0.39 is 0 Å². The van der Waals surface area contributed by atoms with Crippen molar-refractivity contribution in [2.45, 2.75) is 0 Å². The lowest BCUT2D eigenvalue weighted by molar-refractivity contribution is 0.596. The molecule has 0 saturated carbocycles. The Morgan fingerprint density at radius 2 is 2.14 bits per heavy atom. The summed E-state index contributed by atoms with van der Waals surface area (Å²) in [4.78, 5) is 10.9. The van der Waals surface area contributed by atoms with Crippen LogP contribution in [0.5, 0.6) is 0 Å². The largest absolute Gasteiger partial charge is 0.423 e. The maximum absolute atomic E-state index is 5.38. The zero-order valence-electron chi connectivity index (χ0n) is 7.89. The molecule has 2 aromatic heterocycles. The molecule has 6 heteroatoms. The maximum atomic E-state index is 5.38. The molecule has 2 N–H and O–H groups in total. The van der Waals surface area contributed by atoms with Gasteiger partial charge < -0.3 is 15.1 Å². The van der Waals surface area contributed by atoms with E-state index in [0.29, 0.717) is 5.76 Å². The number of thiazole rings is 1. The van der Waals surface area contributed by atoms with E-state index in [4.69, 9.17) is 10.2 Å². The van der Waals surface area contributed by atoms with Crippen molar-refractivity contribution in [2.24, 2.45) is 0 Å². The molecule has 0 spiro atoms. The SMILES string of the molecule is CN(C)c1ncc(-c2cnc(N)o2)s1. The van der Waals surface area contributed by atoms with Crippen LogP contribution in [-0.2, 0) is 0 Å². The lowest BCUT2D eigenvalue weighted by Gasteiger charge is -2.04. The molecule has 74 valence electrons. The van der Waals surface area contributed by atoms with Crippen molar-refractivity contribution < 1.29 is 4.42 Å². The summed E-state index contributed by atoms with van der Waals surface area (Å²) in [6.45, 7) is 0. The monoisotopic (exact) mass is 210 g/mol. The first-order valence-corrected chi connectivity index (χ1v) is 4.83. The highest BCUT2D eigenvalue weighted by Crippen LogP contribution is 2.30. The van der Waals surface area contributed by atoms with Crippen molar-refractivity contribution in [2.75, 3.05) is 24.7 Å². The van der Waals surface area contributed by atoms with E-state index in [-0.39, 0.29) is 6.01 Å². The van der Waals surface area contributed by atoms with Crippen LogP contribution in [0.25, 0.3) is 10.6 Å². The quantitative estimate of drug-likeness (QED) is 0.812. The number of aromatic nitrogens is 2. The van der Waals surface area contributed by atoms with Crippen LogP contribution in [0.15, 0.2) is 16.8 Å². The topological polar surface area (TPSA) is 68.2 Å². The van der Waals surface area contributed by atoms with Gasteiger partial charge in [-0.3, -0.25) is 0 Å². The third kappa shape index (κ3) is 1.56. The van der Waals surface area contributed by atoms with Gasteiger partial charge in [-0.25, -0.2) is 9.97 Å². The summed E-state index contributed by atoms with van der Waals surface area (Å²) in [5.41, 5.74) is 5.38. The summed E-state index contributed by atoms with van der Waals surface area (Å²) in [6.07, 6.45) is 3.35. The number of hydrogen-bond donors (Lipinski definition) is 1. The molecule has 0 unspecified atom stereocenters. The van der Waals surface area contributed by atoms with Crippen molar-refractivity contribution in [3.8, 4) is 10.6 Å². The van der Waals surface area contributed by atoms with Crippen molar-refractivity contribution in [1.82, 2.24) is 9.97 Å². The zero-order chi connectivity index (χ0) is 10.1. The third-order valence-corrected chi connectivity index (χ3v) is 2.82. The fraction of sp³-hybridized carbons (Fsp3) is 0.250. The molecule has 0 aliphatic heterocycles. The molecule has 0 saturated heterocycles. The predicted octanol–water partition coefficient (Wildman–Crippen LogP) is 1.45. The summed E-state index contributed by atoms with van der Waals surface area (Å²) in [5.74, 6) is 0.660. The summed E-state index contributed by atoms with van der Waals surface area (Å²) in [6, 6.07) is 0.180. The van der Waals surface area contributed by atoms with Gasteiger partial charge in [0.15, 0.2) is 10.9 Å². The highest BCUT2D eigenvalue weighted by molar-refractivity contribution is 7.18. The standard InChI is InChI=1S/C8H10N4OS/c1-12(2)8-11-4-6(14-8)5-3-10-7(9)13-5/h3-4H,1-2H3,(H2,9,10). The van der Waals surface area contributed by atoms with Crippen LogP contribution in [0.1, 0.15) is 0 Å². The Bertz CT molecular complexity index is 434. The molecule has 0 fully saturated rings. The van der Waals surface area contributed by atoms with Gasteiger partial charge in [-0.15, -0.1) is 0 Å². The van der Waals surface area contributed by atoms with Crippen molar-refractivity contribution >= 4 is 22.5 Å². The molecule has 14 heavy (non-hydrogen) atoms. The van der Waals surface area contributed by atoms with Crippen molar-refractivity contribution in [3.63, 3.8) is 0 Å². The van der Waals surface area contributed by atoms with Crippen LogP contribution in [0.2, 0.25) is 0 Å². The number of anilines is 2. The van der Waals surface area contributed by atoms with Crippen LogP contribution in [-0.4, -0.2) is 24.1 Å². The molecule has 0 amide bonds. The molecule has 5 nitrogen and oxygen atoms in total. The van der Waals surface area contributed by atoms with E-state index in [0.717, 1.165) is 10.0 Å². The van der Waals surface area contributed by atoms with E-state index in [1.807, 2.05) is 19.0 Å². The van der Waals surface area contributed by atoms with Gasteiger partial charge in [0.2, 0.25) is 0 Å². The van der Waals surface area contributed by atoms with E-state index in [1.165, 1.54) is 11.3 Å². The summed E-state index contributed by atoms with van der Waals surface area (Å²) >= 11 is 1.53. The molecule has 0 atom stereocenters. The second-order valence-electron chi connectivity index (χ2n) is 2.96. The second-order valence-corrected chi connectivity index (χ2v) is 3.97. The number of oxazole rings is 1. The average molecular weight is 210 g/mol. The molecule has 2 heterocycles. The molecule has 0 aromatic carbocycles. The minimum absolute atomic E-state index is 0.180. The molecule has 0 aliphatic rings. The first-order valence-electron chi connectivity index (χ1n) is 4.01. The van der Waals surface area contributed by atoms with Crippen LogP contribution >= 0.6 is 11.3 Å². The van der Waals surface area contributed by atoms with Gasteiger partial charge in [0.25, 0.3) is 6.01 Å². The molecule has 2 aromatic rings. The van der Waals surface area contributed by atoms with Crippen LogP contribution in [0.3, 0.4) is 0 Å². The number of nitrogens with zero attached hydrogens (tertiary/aromatic N) is 3. The minimum atomic E-state index is 0.180. The van der Waals surface area contributed by atoms with Gasteiger partial charge in [0.05, 0.1) is 17.3 Å². The summed E-state index contributed by atoms with van der Waals surface area (Å²) in [5, 5.41) is 0.926. The summed E-state index contributed by atoms with van der Waals surface area (Å²) in [7, 11) is 3.88. The molecule has 0 radical (unpaired) electrons. The Hall–Kier alpha value is -1.56. The zero-order valence-corrected chi connectivity index (χ0v) is 8.71. The van der Waals surface area contributed by atoms with E-state index in [2.05, 4.69) is 9.97 Å². The van der Waals surface area contributed by atoms with Crippen molar-refractivity contribution in [3.05, 3.63) is 12.4 Å². The average Bonchev–Trinajstić information content (AvgIpc) is 2.70. The Morgan fingerprint density at radius 1 is 1.36 bits per heavy atom. The molecular formula is C8H10N4OS. The number of hydrogen-bond acceptors (Lipinski definition) is 6. The highest BCUT2D eigenvalue weighted by Gasteiger charge is 2.09. The van der Waals surface area contributed by atoms with Crippen LogP contribution in [0.4, 0.5) is 11.1 Å². The molecule has 2 rings (SSSR count). The highest BCUT2D eigenvalue weighted by atomic mass is 32.1. The normalized spacial score (nSPS) is 10.4. The first kappa shape index (κ1) is 9.01. The number of nitrogen functional groups attached to an aromatic ring is 1. The Labute approximate surface area is 85.2 Å². The van der Waals surface area contributed by atoms with E-state index >= 15 is 0 Å². The third-order valence-electron chi connectivity index (χ3n) is 1.64. The van der Waals surface area contributed by atoms with Gasteiger partial charge in [-0.1, -0.05) is 11.3 Å². The van der Waals surface area contributed by atoms with Gasteiger partial charge in [0, 0.05) is 14.1 Å². The predicted molar refractivity (Wildman–Crippen MR) is 56.4 cm³/mol. The van der Waals surface area contributed by atoms with Crippen molar-refractivity contribution in [1.29, 1.82) is 0 Å². The molecule has 0 bridgehead atoms. The van der Waals surface area contributed by atoms with E-state index in [1.54, 1.807) is 12.4 Å². The minimum Gasteiger partial charge on any atom is -0.423 e. The van der Waals surface area contributed by atoms with Crippen LogP contribution in [0, 0.1) is 0 Å². The summed E-state index contributed by atoms with van der Waals surface area (Å²) < 4.78 is 5.18. The maximum Gasteiger partial charge on any atom is 0.292 e. The van der Waals surface area contributed by atoms with Gasteiger partial charge in [0.1, 0.15) is 0 Å². The number of nitrogens with two attached hydrogens (primary N) is 1. The molecular weight excluding hydrogens is 200 g/mol. The van der Waals surface area contributed by atoms with Gasteiger partial charge in [-0.2, -0.15) is 0 Å². The second kappa shape index (κ2) is 3.30.